The molecule has 116 valence electrons. The highest BCUT2D eigenvalue weighted by atomic mass is 15.4. The van der Waals surface area contributed by atoms with Crippen LogP contribution in [0.4, 0.5) is 17.8 Å². The van der Waals surface area contributed by atoms with Crippen LogP contribution in [0.25, 0.3) is 0 Å². The largest absolute Gasteiger partial charge is 0.357 e. The van der Waals surface area contributed by atoms with Gasteiger partial charge in [-0.05, 0) is 38.5 Å². The van der Waals surface area contributed by atoms with Crippen molar-refractivity contribution < 1.29 is 0 Å². The summed E-state index contributed by atoms with van der Waals surface area (Å²) in [5.74, 6) is 3.03. The van der Waals surface area contributed by atoms with E-state index in [1.165, 1.54) is 25.7 Å². The van der Waals surface area contributed by atoms with Gasteiger partial charge in [0.1, 0.15) is 0 Å². The molecule has 0 saturated carbocycles. The Hall–Kier alpha value is -1.59. The van der Waals surface area contributed by atoms with Gasteiger partial charge in [-0.2, -0.15) is 15.0 Å². The Morgan fingerprint density at radius 1 is 1.00 bits per heavy atom. The molecule has 2 saturated heterocycles. The standard InChI is InChI=1S/C15H26N6/c1-11-6-7-12(2)21(10-11)15-18-13(16-3)17-14(19-15)20-8-4-5-9-20/h11-12H,4-10H2,1-3H3,(H,16,17,18,19). The number of nitrogens with zero attached hydrogens (tertiary/aromatic N) is 5. The molecular weight excluding hydrogens is 264 g/mol. The Balaban J connectivity index is 1.91. The lowest BCUT2D eigenvalue weighted by molar-refractivity contribution is 0.385. The van der Waals surface area contributed by atoms with Gasteiger partial charge in [-0.3, -0.25) is 0 Å². The molecule has 0 spiro atoms. The molecule has 3 heterocycles. The zero-order chi connectivity index (χ0) is 14.8. The average Bonchev–Trinajstić information content (AvgIpc) is 3.03. The molecule has 0 aromatic carbocycles. The second kappa shape index (κ2) is 6.03. The number of hydrogen-bond donors (Lipinski definition) is 1. The van der Waals surface area contributed by atoms with E-state index >= 15 is 0 Å². The second-order valence-corrected chi connectivity index (χ2v) is 6.39. The number of hydrogen-bond acceptors (Lipinski definition) is 6. The third-order valence-corrected chi connectivity index (χ3v) is 4.60. The summed E-state index contributed by atoms with van der Waals surface area (Å²) >= 11 is 0. The summed E-state index contributed by atoms with van der Waals surface area (Å²) in [7, 11) is 1.87. The van der Waals surface area contributed by atoms with Crippen molar-refractivity contribution in [1.29, 1.82) is 0 Å². The third kappa shape index (κ3) is 3.04. The highest BCUT2D eigenvalue weighted by Gasteiger charge is 2.27. The maximum absolute atomic E-state index is 4.76. The second-order valence-electron chi connectivity index (χ2n) is 6.39. The Kier molecular flexibility index (Phi) is 4.12. The van der Waals surface area contributed by atoms with Crippen LogP contribution in [0.2, 0.25) is 0 Å². The number of piperidine rings is 1. The number of anilines is 3. The van der Waals surface area contributed by atoms with Crippen molar-refractivity contribution in [3.8, 4) is 0 Å². The highest BCUT2D eigenvalue weighted by Crippen LogP contribution is 2.27. The molecule has 2 aliphatic rings. The van der Waals surface area contributed by atoms with E-state index in [-0.39, 0.29) is 0 Å². The van der Waals surface area contributed by atoms with Gasteiger partial charge in [-0.1, -0.05) is 6.92 Å². The summed E-state index contributed by atoms with van der Waals surface area (Å²) in [5, 5.41) is 3.08. The van der Waals surface area contributed by atoms with Crippen LogP contribution >= 0.6 is 0 Å². The molecule has 1 N–H and O–H groups in total. The van der Waals surface area contributed by atoms with Crippen molar-refractivity contribution in [1.82, 2.24) is 15.0 Å². The first-order chi connectivity index (χ1) is 10.2. The van der Waals surface area contributed by atoms with Crippen molar-refractivity contribution in [2.45, 2.75) is 45.6 Å². The Morgan fingerprint density at radius 3 is 2.43 bits per heavy atom. The van der Waals surface area contributed by atoms with Gasteiger partial charge >= 0.3 is 0 Å². The van der Waals surface area contributed by atoms with Crippen LogP contribution in [0, 0.1) is 5.92 Å². The molecule has 3 rings (SSSR count). The molecule has 1 aromatic rings. The molecule has 6 nitrogen and oxygen atoms in total. The predicted molar refractivity (Wildman–Crippen MR) is 86.0 cm³/mol. The molecule has 1 aromatic heterocycles. The summed E-state index contributed by atoms with van der Waals surface area (Å²) in [6.45, 7) is 7.72. The molecule has 6 heteroatoms. The minimum Gasteiger partial charge on any atom is -0.357 e. The molecule has 2 fully saturated rings. The van der Waals surface area contributed by atoms with Crippen LogP contribution in [-0.4, -0.2) is 47.7 Å². The average molecular weight is 290 g/mol. The highest BCUT2D eigenvalue weighted by molar-refractivity contribution is 5.46. The lowest BCUT2D eigenvalue weighted by atomic mass is 9.95. The van der Waals surface area contributed by atoms with Crippen LogP contribution in [0.1, 0.15) is 39.5 Å². The number of aromatic nitrogens is 3. The summed E-state index contributed by atoms with van der Waals surface area (Å²) in [6, 6.07) is 0.500. The Labute approximate surface area is 127 Å². The van der Waals surface area contributed by atoms with Crippen LogP contribution < -0.4 is 15.1 Å². The van der Waals surface area contributed by atoms with Crippen molar-refractivity contribution in [3.63, 3.8) is 0 Å². The zero-order valence-electron chi connectivity index (χ0n) is 13.3. The lowest BCUT2D eigenvalue weighted by Gasteiger charge is -2.37. The van der Waals surface area contributed by atoms with Gasteiger partial charge in [0.05, 0.1) is 0 Å². The van der Waals surface area contributed by atoms with Crippen LogP contribution in [0.3, 0.4) is 0 Å². The molecule has 0 aliphatic carbocycles. The van der Waals surface area contributed by atoms with Gasteiger partial charge in [0, 0.05) is 32.7 Å². The van der Waals surface area contributed by atoms with Gasteiger partial charge in [0.25, 0.3) is 0 Å². The molecule has 2 aliphatic heterocycles. The summed E-state index contributed by atoms with van der Waals surface area (Å²) in [5.41, 5.74) is 0. The van der Waals surface area contributed by atoms with E-state index in [0.29, 0.717) is 17.9 Å². The number of rotatable bonds is 3. The summed E-state index contributed by atoms with van der Waals surface area (Å²) < 4.78 is 0. The van der Waals surface area contributed by atoms with Crippen molar-refractivity contribution in [2.24, 2.45) is 5.92 Å². The first kappa shape index (κ1) is 14.4. The number of nitrogens with one attached hydrogen (secondary N) is 1. The third-order valence-electron chi connectivity index (χ3n) is 4.60. The molecule has 0 radical (unpaired) electrons. The smallest absolute Gasteiger partial charge is 0.232 e. The first-order valence-electron chi connectivity index (χ1n) is 8.13. The Bertz CT molecular complexity index is 485. The molecule has 21 heavy (non-hydrogen) atoms. The van der Waals surface area contributed by atoms with Crippen LogP contribution in [0.5, 0.6) is 0 Å². The van der Waals surface area contributed by atoms with Gasteiger partial charge in [0.15, 0.2) is 0 Å². The maximum Gasteiger partial charge on any atom is 0.232 e. The fraction of sp³-hybridized carbons (Fsp3) is 0.800. The molecule has 0 amide bonds. The minimum atomic E-state index is 0.500. The fourth-order valence-electron chi connectivity index (χ4n) is 3.22. The van der Waals surface area contributed by atoms with E-state index in [2.05, 4.69) is 38.9 Å². The zero-order valence-corrected chi connectivity index (χ0v) is 13.3. The summed E-state index contributed by atoms with van der Waals surface area (Å²) in [6.07, 6.45) is 4.96. The molecule has 2 unspecified atom stereocenters. The van der Waals surface area contributed by atoms with Gasteiger partial charge in [0.2, 0.25) is 17.8 Å². The van der Waals surface area contributed by atoms with E-state index in [4.69, 9.17) is 4.98 Å². The SMILES string of the molecule is CNc1nc(N2CCCC2)nc(N2CC(C)CCC2C)n1. The first-order valence-corrected chi connectivity index (χ1v) is 8.13. The maximum atomic E-state index is 4.76. The van der Waals surface area contributed by atoms with E-state index in [9.17, 15) is 0 Å². The molecule has 2 atom stereocenters. The topological polar surface area (TPSA) is 57.2 Å². The van der Waals surface area contributed by atoms with E-state index in [1.54, 1.807) is 0 Å². The van der Waals surface area contributed by atoms with Crippen LogP contribution in [0.15, 0.2) is 0 Å². The summed E-state index contributed by atoms with van der Waals surface area (Å²) in [4.78, 5) is 18.5. The molecule has 0 bridgehead atoms. The van der Waals surface area contributed by atoms with Gasteiger partial charge in [-0.25, -0.2) is 0 Å². The minimum absolute atomic E-state index is 0.500. The van der Waals surface area contributed by atoms with Crippen LogP contribution in [-0.2, 0) is 0 Å². The van der Waals surface area contributed by atoms with Gasteiger partial charge in [-0.15, -0.1) is 0 Å². The predicted octanol–water partition coefficient (Wildman–Crippen LogP) is 2.14. The van der Waals surface area contributed by atoms with Crippen molar-refractivity contribution in [3.05, 3.63) is 0 Å². The van der Waals surface area contributed by atoms with E-state index in [1.807, 2.05) is 7.05 Å². The Morgan fingerprint density at radius 2 is 1.71 bits per heavy atom. The van der Waals surface area contributed by atoms with Crippen molar-refractivity contribution in [2.75, 3.05) is 41.8 Å². The fourth-order valence-corrected chi connectivity index (χ4v) is 3.22. The molecular formula is C15H26N6. The quantitative estimate of drug-likeness (QED) is 0.920. The van der Waals surface area contributed by atoms with Gasteiger partial charge < -0.3 is 15.1 Å². The lowest BCUT2D eigenvalue weighted by Crippen LogP contribution is -2.42. The van der Waals surface area contributed by atoms with E-state index in [0.717, 1.165) is 31.5 Å². The normalized spacial score (nSPS) is 26.2. The monoisotopic (exact) mass is 290 g/mol. The van der Waals surface area contributed by atoms with E-state index < -0.39 is 0 Å². The van der Waals surface area contributed by atoms with Crippen molar-refractivity contribution >= 4 is 17.8 Å².